The first kappa shape index (κ1) is 19.7. The summed E-state index contributed by atoms with van der Waals surface area (Å²) in [5.74, 6) is -0.774. The molecule has 8 heteroatoms. The number of hydrogen-bond acceptors (Lipinski definition) is 5. The zero-order valence-electron chi connectivity index (χ0n) is 14.1. The van der Waals surface area contributed by atoms with Gasteiger partial charge in [-0.25, -0.2) is 8.42 Å². The Hall–Kier alpha value is -1.60. The zero-order valence-corrected chi connectivity index (χ0v) is 15.7. The molecule has 0 unspecified atom stereocenters. The fourth-order valence-corrected chi connectivity index (χ4v) is 5.03. The first-order valence-electron chi connectivity index (χ1n) is 8.24. The van der Waals surface area contributed by atoms with E-state index in [2.05, 4.69) is 0 Å². The normalized spacial score (nSPS) is 19.9. The zero-order chi connectivity index (χ0) is 18.4. The SMILES string of the molecule is CCOC(=O)CCC(=O)N1CC[C@H](c2ccccc2Cl)S(=O)(=O)CC1. The second-order valence-electron chi connectivity index (χ2n) is 5.85. The Morgan fingerprint density at radius 2 is 1.96 bits per heavy atom. The van der Waals surface area contributed by atoms with E-state index in [0.717, 1.165) is 0 Å². The van der Waals surface area contributed by atoms with Gasteiger partial charge in [0.05, 0.1) is 24.0 Å². The third-order valence-corrected chi connectivity index (χ3v) is 6.65. The molecule has 1 aliphatic heterocycles. The molecule has 25 heavy (non-hydrogen) atoms. The Morgan fingerprint density at radius 1 is 1.24 bits per heavy atom. The molecule has 1 fully saturated rings. The summed E-state index contributed by atoms with van der Waals surface area (Å²) >= 11 is 6.15. The van der Waals surface area contributed by atoms with Crippen LogP contribution in [-0.2, 0) is 24.2 Å². The molecule has 1 heterocycles. The molecule has 6 nitrogen and oxygen atoms in total. The number of nitrogens with zero attached hydrogens (tertiary/aromatic N) is 1. The molecule has 1 aliphatic rings. The minimum atomic E-state index is -3.41. The maximum absolute atomic E-state index is 12.6. The molecule has 1 aromatic rings. The van der Waals surface area contributed by atoms with Crippen molar-refractivity contribution in [1.82, 2.24) is 4.90 Å². The van der Waals surface area contributed by atoms with E-state index in [1.807, 2.05) is 0 Å². The van der Waals surface area contributed by atoms with Crippen molar-refractivity contribution in [3.63, 3.8) is 0 Å². The summed E-state index contributed by atoms with van der Waals surface area (Å²) in [6.45, 7) is 2.42. The standard InChI is InChI=1S/C17H22ClNO5S/c1-2-24-17(21)8-7-16(20)19-10-9-15(25(22,23)12-11-19)13-5-3-4-6-14(13)18/h3-6,15H,2,7-12H2,1H3/t15-/m1/s1. The number of halogens is 1. The summed E-state index contributed by atoms with van der Waals surface area (Å²) in [6.07, 6.45) is 0.316. The molecule has 0 N–H and O–H groups in total. The summed E-state index contributed by atoms with van der Waals surface area (Å²) in [5, 5.41) is -0.304. The minimum Gasteiger partial charge on any atom is -0.466 e. The molecular weight excluding hydrogens is 366 g/mol. The number of amides is 1. The van der Waals surface area contributed by atoms with Gasteiger partial charge >= 0.3 is 5.97 Å². The van der Waals surface area contributed by atoms with Crippen molar-refractivity contribution in [2.24, 2.45) is 0 Å². The summed E-state index contributed by atoms with van der Waals surface area (Å²) in [5.41, 5.74) is 0.574. The maximum atomic E-state index is 12.6. The first-order valence-corrected chi connectivity index (χ1v) is 10.3. The summed E-state index contributed by atoms with van der Waals surface area (Å²) in [7, 11) is -3.41. The van der Waals surface area contributed by atoms with E-state index in [1.54, 1.807) is 31.2 Å². The molecule has 1 atom stereocenters. The first-order chi connectivity index (χ1) is 11.8. The molecule has 1 saturated heterocycles. The smallest absolute Gasteiger partial charge is 0.306 e. The van der Waals surface area contributed by atoms with E-state index in [0.29, 0.717) is 17.1 Å². The Kier molecular flexibility index (Phi) is 6.84. The molecule has 138 valence electrons. The van der Waals surface area contributed by atoms with Gasteiger partial charge in [0.15, 0.2) is 9.84 Å². The third-order valence-electron chi connectivity index (χ3n) is 4.19. The summed E-state index contributed by atoms with van der Waals surface area (Å²) < 4.78 is 30.0. The molecule has 2 rings (SSSR count). The lowest BCUT2D eigenvalue weighted by Crippen LogP contribution is -2.33. The van der Waals surface area contributed by atoms with Crippen molar-refractivity contribution in [3.05, 3.63) is 34.9 Å². The molecule has 0 saturated carbocycles. The van der Waals surface area contributed by atoms with Gasteiger partial charge in [0.2, 0.25) is 5.91 Å². The quantitative estimate of drug-likeness (QED) is 0.724. The fourth-order valence-electron chi connectivity index (χ4n) is 2.88. The number of benzene rings is 1. The molecule has 0 bridgehead atoms. The van der Waals surface area contributed by atoms with E-state index in [4.69, 9.17) is 16.3 Å². The number of hydrogen-bond donors (Lipinski definition) is 0. The van der Waals surface area contributed by atoms with Gasteiger partial charge in [-0.05, 0) is 25.0 Å². The Morgan fingerprint density at radius 3 is 2.64 bits per heavy atom. The second-order valence-corrected chi connectivity index (χ2v) is 8.56. The highest BCUT2D eigenvalue weighted by atomic mass is 35.5. The average molecular weight is 388 g/mol. The molecular formula is C17H22ClNO5S. The number of ether oxygens (including phenoxy) is 1. The Balaban J connectivity index is 2.06. The maximum Gasteiger partial charge on any atom is 0.306 e. The van der Waals surface area contributed by atoms with Crippen LogP contribution in [0.5, 0.6) is 0 Å². The van der Waals surface area contributed by atoms with E-state index in [-0.39, 0.29) is 44.1 Å². The highest BCUT2D eigenvalue weighted by Gasteiger charge is 2.33. The van der Waals surface area contributed by atoms with Crippen molar-refractivity contribution >= 4 is 33.3 Å². The molecule has 1 aromatic carbocycles. The number of carbonyl (C=O) groups excluding carboxylic acids is 2. The summed E-state index contributed by atoms with van der Waals surface area (Å²) in [6, 6.07) is 6.88. The molecule has 0 aromatic heterocycles. The number of esters is 1. The predicted molar refractivity (Wildman–Crippen MR) is 95.0 cm³/mol. The van der Waals surface area contributed by atoms with Gasteiger partial charge in [0.25, 0.3) is 0 Å². The van der Waals surface area contributed by atoms with Gasteiger partial charge in [-0.15, -0.1) is 0 Å². The minimum absolute atomic E-state index is 0.00383. The van der Waals surface area contributed by atoms with Crippen molar-refractivity contribution in [1.29, 1.82) is 0 Å². The highest BCUT2D eigenvalue weighted by Crippen LogP contribution is 2.33. The third kappa shape index (κ3) is 5.19. The number of sulfone groups is 1. The van der Waals surface area contributed by atoms with Gasteiger partial charge in [-0.2, -0.15) is 0 Å². The lowest BCUT2D eigenvalue weighted by Gasteiger charge is -2.20. The van der Waals surface area contributed by atoms with Crippen molar-refractivity contribution in [2.45, 2.75) is 31.4 Å². The molecule has 0 radical (unpaired) electrons. The Labute approximate surface area is 153 Å². The van der Waals surface area contributed by atoms with Crippen LogP contribution < -0.4 is 0 Å². The van der Waals surface area contributed by atoms with Crippen LogP contribution in [0.15, 0.2) is 24.3 Å². The van der Waals surface area contributed by atoms with Crippen LogP contribution in [0.1, 0.15) is 37.0 Å². The van der Waals surface area contributed by atoms with Crippen LogP contribution in [0.3, 0.4) is 0 Å². The van der Waals surface area contributed by atoms with Crippen molar-refractivity contribution < 1.29 is 22.7 Å². The fraction of sp³-hybridized carbons (Fsp3) is 0.529. The van der Waals surface area contributed by atoms with Crippen LogP contribution in [0, 0.1) is 0 Å². The Bertz CT molecular complexity index is 734. The van der Waals surface area contributed by atoms with E-state index in [9.17, 15) is 18.0 Å². The molecule has 1 amide bonds. The van der Waals surface area contributed by atoms with Crippen LogP contribution in [0.2, 0.25) is 5.02 Å². The second kappa shape index (κ2) is 8.67. The lowest BCUT2D eigenvalue weighted by molar-refractivity contribution is -0.145. The predicted octanol–water partition coefficient (Wildman–Crippen LogP) is 2.37. The van der Waals surface area contributed by atoms with Crippen LogP contribution in [-0.4, -0.2) is 50.6 Å². The average Bonchev–Trinajstić information content (AvgIpc) is 2.72. The molecule has 0 aliphatic carbocycles. The highest BCUT2D eigenvalue weighted by molar-refractivity contribution is 7.91. The van der Waals surface area contributed by atoms with Gasteiger partial charge in [0.1, 0.15) is 0 Å². The monoisotopic (exact) mass is 387 g/mol. The van der Waals surface area contributed by atoms with E-state index < -0.39 is 21.1 Å². The van der Waals surface area contributed by atoms with E-state index >= 15 is 0 Å². The largest absolute Gasteiger partial charge is 0.466 e. The number of carbonyl (C=O) groups is 2. The summed E-state index contributed by atoms with van der Waals surface area (Å²) in [4.78, 5) is 25.2. The topological polar surface area (TPSA) is 80.8 Å². The van der Waals surface area contributed by atoms with Gasteiger partial charge in [-0.1, -0.05) is 29.8 Å². The van der Waals surface area contributed by atoms with Gasteiger partial charge in [0, 0.05) is 24.5 Å². The lowest BCUT2D eigenvalue weighted by atomic mass is 10.1. The van der Waals surface area contributed by atoms with Crippen LogP contribution in [0.25, 0.3) is 0 Å². The van der Waals surface area contributed by atoms with Crippen molar-refractivity contribution in [3.8, 4) is 0 Å². The van der Waals surface area contributed by atoms with E-state index in [1.165, 1.54) is 4.90 Å². The van der Waals surface area contributed by atoms with Gasteiger partial charge in [-0.3, -0.25) is 9.59 Å². The van der Waals surface area contributed by atoms with Crippen molar-refractivity contribution in [2.75, 3.05) is 25.4 Å². The van der Waals surface area contributed by atoms with Crippen LogP contribution in [0.4, 0.5) is 0 Å². The van der Waals surface area contributed by atoms with Crippen LogP contribution >= 0.6 is 11.6 Å². The molecule has 0 spiro atoms. The van der Waals surface area contributed by atoms with Gasteiger partial charge < -0.3 is 9.64 Å². The number of rotatable bonds is 5.